The van der Waals surface area contributed by atoms with Crippen LogP contribution < -0.4 is 0 Å². The molecule has 82 valence electrons. The van der Waals surface area contributed by atoms with Crippen LogP contribution in [0.4, 0.5) is 0 Å². The molecule has 15 heavy (non-hydrogen) atoms. The summed E-state index contributed by atoms with van der Waals surface area (Å²) in [6.07, 6.45) is -1.22. The third kappa shape index (κ3) is 5.15. The molecule has 1 aromatic rings. The maximum absolute atomic E-state index is 10.2. The summed E-state index contributed by atoms with van der Waals surface area (Å²) in [6.45, 7) is 0.429. The molecule has 1 rings (SSSR count). The van der Waals surface area contributed by atoms with E-state index in [-0.39, 0.29) is 13.0 Å². The highest BCUT2D eigenvalue weighted by atomic mass is 16.5. The Morgan fingerprint density at radius 2 is 2.00 bits per heavy atom. The first-order valence-corrected chi connectivity index (χ1v) is 4.70. The number of benzene rings is 1. The van der Waals surface area contributed by atoms with Gasteiger partial charge in [0.15, 0.2) is 0 Å². The number of aliphatic hydroxyl groups is 1. The second-order valence-corrected chi connectivity index (χ2v) is 3.25. The number of hydrogen-bond acceptors (Lipinski definition) is 3. The summed E-state index contributed by atoms with van der Waals surface area (Å²) >= 11 is 0. The van der Waals surface area contributed by atoms with Crippen molar-refractivity contribution in [3.05, 3.63) is 35.9 Å². The Bertz CT molecular complexity index is 297. The fraction of sp³-hybridized carbons (Fsp3) is 0.364. The molecule has 4 heteroatoms. The molecule has 0 saturated carbocycles. The normalized spacial score (nSPS) is 12.3. The minimum absolute atomic E-state index is 0.0429. The van der Waals surface area contributed by atoms with Crippen LogP contribution in [-0.2, 0) is 16.1 Å². The Morgan fingerprint density at radius 3 is 2.60 bits per heavy atom. The lowest BCUT2D eigenvalue weighted by molar-refractivity contribution is -0.140. The van der Waals surface area contributed by atoms with Gasteiger partial charge in [0.05, 0.1) is 25.7 Å². The second-order valence-electron chi connectivity index (χ2n) is 3.25. The molecule has 0 aromatic heterocycles. The largest absolute Gasteiger partial charge is 0.481 e. The van der Waals surface area contributed by atoms with Crippen LogP contribution in [0.2, 0.25) is 0 Å². The van der Waals surface area contributed by atoms with Gasteiger partial charge in [0.25, 0.3) is 0 Å². The van der Waals surface area contributed by atoms with Gasteiger partial charge in [-0.25, -0.2) is 0 Å². The predicted molar refractivity (Wildman–Crippen MR) is 54.4 cm³/mol. The maximum atomic E-state index is 10.2. The molecule has 0 aliphatic heterocycles. The minimum Gasteiger partial charge on any atom is -0.481 e. The molecule has 0 aliphatic rings. The Morgan fingerprint density at radius 1 is 1.33 bits per heavy atom. The first-order chi connectivity index (χ1) is 7.18. The average Bonchev–Trinajstić information content (AvgIpc) is 2.18. The van der Waals surface area contributed by atoms with Gasteiger partial charge in [0, 0.05) is 0 Å². The Kier molecular flexibility index (Phi) is 4.80. The molecule has 0 spiro atoms. The van der Waals surface area contributed by atoms with Crippen LogP contribution in [0.15, 0.2) is 30.3 Å². The summed E-state index contributed by atoms with van der Waals surface area (Å²) in [6, 6.07) is 9.51. The maximum Gasteiger partial charge on any atom is 0.306 e. The van der Waals surface area contributed by atoms with Crippen LogP contribution in [0, 0.1) is 0 Å². The predicted octanol–water partition coefficient (Wildman–Crippen LogP) is 1.04. The van der Waals surface area contributed by atoms with Crippen molar-refractivity contribution in [2.24, 2.45) is 0 Å². The van der Waals surface area contributed by atoms with E-state index in [1.807, 2.05) is 30.3 Å². The SMILES string of the molecule is O=C(O)C[C@H](O)COCc1ccccc1. The summed E-state index contributed by atoms with van der Waals surface area (Å²) in [5.41, 5.74) is 1.00. The minimum atomic E-state index is -1.02. The number of carbonyl (C=O) groups is 1. The van der Waals surface area contributed by atoms with E-state index >= 15 is 0 Å². The molecular weight excluding hydrogens is 196 g/mol. The monoisotopic (exact) mass is 210 g/mol. The molecule has 0 radical (unpaired) electrons. The van der Waals surface area contributed by atoms with Gasteiger partial charge in [-0.1, -0.05) is 30.3 Å². The van der Waals surface area contributed by atoms with Gasteiger partial charge in [-0.3, -0.25) is 4.79 Å². The van der Waals surface area contributed by atoms with Crippen molar-refractivity contribution in [3.63, 3.8) is 0 Å². The molecule has 2 N–H and O–H groups in total. The third-order valence-electron chi connectivity index (χ3n) is 1.83. The molecule has 0 bridgehead atoms. The highest BCUT2D eigenvalue weighted by Gasteiger charge is 2.08. The molecule has 0 heterocycles. The van der Waals surface area contributed by atoms with E-state index in [1.165, 1.54) is 0 Å². The number of carboxylic acid groups (broad SMARTS) is 1. The van der Waals surface area contributed by atoms with Crippen LogP contribution in [0.3, 0.4) is 0 Å². The van der Waals surface area contributed by atoms with Gasteiger partial charge in [-0.2, -0.15) is 0 Å². The van der Waals surface area contributed by atoms with Crippen LogP contribution in [0.5, 0.6) is 0 Å². The summed E-state index contributed by atoms with van der Waals surface area (Å²) in [4.78, 5) is 10.2. The molecule has 1 atom stereocenters. The molecule has 4 nitrogen and oxygen atoms in total. The lowest BCUT2D eigenvalue weighted by Crippen LogP contribution is -2.19. The van der Waals surface area contributed by atoms with E-state index in [2.05, 4.69) is 0 Å². The van der Waals surface area contributed by atoms with Crippen molar-refractivity contribution in [1.82, 2.24) is 0 Å². The van der Waals surface area contributed by atoms with Gasteiger partial charge < -0.3 is 14.9 Å². The zero-order chi connectivity index (χ0) is 11.1. The zero-order valence-electron chi connectivity index (χ0n) is 8.30. The van der Waals surface area contributed by atoms with E-state index in [1.54, 1.807) is 0 Å². The van der Waals surface area contributed by atoms with Crippen molar-refractivity contribution in [2.45, 2.75) is 19.1 Å². The van der Waals surface area contributed by atoms with Crippen molar-refractivity contribution in [2.75, 3.05) is 6.61 Å². The average molecular weight is 210 g/mol. The Labute approximate surface area is 88.1 Å². The van der Waals surface area contributed by atoms with Crippen molar-refractivity contribution in [3.8, 4) is 0 Å². The van der Waals surface area contributed by atoms with Crippen molar-refractivity contribution < 1.29 is 19.7 Å². The van der Waals surface area contributed by atoms with Crippen LogP contribution in [-0.4, -0.2) is 28.9 Å². The first kappa shape index (κ1) is 11.7. The lowest BCUT2D eigenvalue weighted by atomic mass is 10.2. The van der Waals surface area contributed by atoms with Crippen LogP contribution >= 0.6 is 0 Å². The standard InChI is InChI=1S/C11H14O4/c12-10(6-11(13)14)8-15-7-9-4-2-1-3-5-9/h1-5,10,12H,6-8H2,(H,13,14)/t10-/m0/s1. The highest BCUT2D eigenvalue weighted by Crippen LogP contribution is 2.01. The topological polar surface area (TPSA) is 66.8 Å². The number of carboxylic acids is 1. The van der Waals surface area contributed by atoms with E-state index in [0.717, 1.165) is 5.56 Å². The second kappa shape index (κ2) is 6.16. The molecular formula is C11H14O4. The molecule has 0 unspecified atom stereocenters. The van der Waals surface area contributed by atoms with Gasteiger partial charge in [0.1, 0.15) is 0 Å². The van der Waals surface area contributed by atoms with Gasteiger partial charge in [-0.05, 0) is 5.56 Å². The Balaban J connectivity index is 2.19. The zero-order valence-corrected chi connectivity index (χ0v) is 8.30. The fourth-order valence-corrected chi connectivity index (χ4v) is 1.15. The van der Waals surface area contributed by atoms with E-state index in [9.17, 15) is 9.90 Å². The summed E-state index contributed by atoms with van der Waals surface area (Å²) in [7, 11) is 0. The molecule has 0 fully saturated rings. The quantitative estimate of drug-likeness (QED) is 0.736. The van der Waals surface area contributed by atoms with E-state index < -0.39 is 12.1 Å². The van der Waals surface area contributed by atoms with E-state index in [4.69, 9.17) is 9.84 Å². The van der Waals surface area contributed by atoms with E-state index in [0.29, 0.717) is 6.61 Å². The lowest BCUT2D eigenvalue weighted by Gasteiger charge is -2.08. The van der Waals surface area contributed by atoms with Crippen molar-refractivity contribution in [1.29, 1.82) is 0 Å². The smallest absolute Gasteiger partial charge is 0.306 e. The summed E-state index contributed by atoms with van der Waals surface area (Å²) < 4.78 is 5.17. The van der Waals surface area contributed by atoms with Gasteiger partial charge >= 0.3 is 5.97 Å². The number of ether oxygens (including phenoxy) is 1. The van der Waals surface area contributed by atoms with Gasteiger partial charge in [0.2, 0.25) is 0 Å². The van der Waals surface area contributed by atoms with Crippen LogP contribution in [0.25, 0.3) is 0 Å². The molecule has 0 amide bonds. The Hall–Kier alpha value is -1.39. The molecule has 1 aromatic carbocycles. The molecule has 0 aliphatic carbocycles. The number of aliphatic hydroxyl groups excluding tert-OH is 1. The fourth-order valence-electron chi connectivity index (χ4n) is 1.15. The number of aliphatic carboxylic acids is 1. The first-order valence-electron chi connectivity index (χ1n) is 4.70. The number of hydrogen-bond donors (Lipinski definition) is 2. The summed E-state index contributed by atoms with van der Waals surface area (Å²) in [5, 5.41) is 17.6. The summed E-state index contributed by atoms with van der Waals surface area (Å²) in [5.74, 6) is -1.02. The van der Waals surface area contributed by atoms with Gasteiger partial charge in [-0.15, -0.1) is 0 Å². The van der Waals surface area contributed by atoms with Crippen LogP contribution in [0.1, 0.15) is 12.0 Å². The highest BCUT2D eigenvalue weighted by molar-refractivity contribution is 5.67. The molecule has 0 saturated heterocycles. The number of rotatable bonds is 6. The van der Waals surface area contributed by atoms with Crippen molar-refractivity contribution >= 4 is 5.97 Å². The third-order valence-corrected chi connectivity index (χ3v) is 1.83.